The van der Waals surface area contributed by atoms with E-state index < -0.39 is 11.6 Å². The summed E-state index contributed by atoms with van der Waals surface area (Å²) in [6.45, 7) is 1.52. The maximum atomic E-state index is 13.6. The molecule has 0 spiro atoms. The molecule has 0 aliphatic rings. The number of carbonyl (C=O) groups is 1. The van der Waals surface area contributed by atoms with Crippen LogP contribution in [0.15, 0.2) is 24.4 Å². The molecule has 0 fully saturated rings. The second kappa shape index (κ2) is 3.84. The highest BCUT2D eigenvalue weighted by Gasteiger charge is 2.21. The first-order valence-corrected chi connectivity index (χ1v) is 4.76. The fourth-order valence-corrected chi connectivity index (χ4v) is 1.50. The molecule has 82 valence electrons. The Morgan fingerprint density at radius 2 is 2.19 bits per heavy atom. The van der Waals surface area contributed by atoms with Crippen molar-refractivity contribution < 1.29 is 9.18 Å². The molecule has 0 radical (unpaired) electrons. The van der Waals surface area contributed by atoms with E-state index in [1.165, 1.54) is 24.9 Å². The summed E-state index contributed by atoms with van der Waals surface area (Å²) in [6, 6.07) is 4.92. The van der Waals surface area contributed by atoms with Crippen molar-refractivity contribution in [2.24, 2.45) is 7.05 Å². The molecule has 0 atom stereocenters. The number of hydrogen-bond donors (Lipinski definition) is 0. The van der Waals surface area contributed by atoms with Gasteiger partial charge in [0.25, 0.3) is 0 Å². The standard InChI is InChI=1S/C11H10FN3O/c1-7-9(12)10(15(2)14-7)11(16)8-5-3-4-6-13-8/h3-6H,1-2H3. The lowest BCUT2D eigenvalue weighted by atomic mass is 10.2. The number of nitrogens with zero attached hydrogens (tertiary/aromatic N) is 3. The van der Waals surface area contributed by atoms with Crippen LogP contribution in [0.5, 0.6) is 0 Å². The van der Waals surface area contributed by atoms with E-state index in [-0.39, 0.29) is 17.1 Å². The molecule has 2 aromatic rings. The van der Waals surface area contributed by atoms with Crippen LogP contribution in [0, 0.1) is 12.7 Å². The SMILES string of the molecule is Cc1nn(C)c(C(=O)c2ccccn2)c1F. The number of pyridine rings is 1. The van der Waals surface area contributed by atoms with Crippen molar-refractivity contribution in [1.82, 2.24) is 14.8 Å². The number of aryl methyl sites for hydroxylation is 2. The quantitative estimate of drug-likeness (QED) is 0.719. The van der Waals surface area contributed by atoms with Gasteiger partial charge in [0, 0.05) is 13.2 Å². The maximum Gasteiger partial charge on any atom is 0.232 e. The van der Waals surface area contributed by atoms with Crippen LogP contribution in [0.3, 0.4) is 0 Å². The predicted octanol–water partition coefficient (Wildman–Crippen LogP) is 1.49. The summed E-state index contributed by atoms with van der Waals surface area (Å²) < 4.78 is 14.9. The molecule has 0 N–H and O–H groups in total. The van der Waals surface area contributed by atoms with Crippen molar-refractivity contribution in [2.75, 3.05) is 0 Å². The van der Waals surface area contributed by atoms with Crippen LogP contribution in [-0.4, -0.2) is 20.5 Å². The summed E-state index contributed by atoms with van der Waals surface area (Å²) in [5, 5.41) is 3.85. The molecule has 0 unspecified atom stereocenters. The molecule has 0 aliphatic heterocycles. The topological polar surface area (TPSA) is 47.8 Å². The van der Waals surface area contributed by atoms with Gasteiger partial charge in [0.15, 0.2) is 5.82 Å². The van der Waals surface area contributed by atoms with E-state index >= 15 is 0 Å². The van der Waals surface area contributed by atoms with Gasteiger partial charge < -0.3 is 0 Å². The Bertz CT molecular complexity index is 534. The number of aromatic nitrogens is 3. The van der Waals surface area contributed by atoms with Crippen LogP contribution in [0.25, 0.3) is 0 Å². The number of halogens is 1. The van der Waals surface area contributed by atoms with Crippen molar-refractivity contribution in [3.05, 3.63) is 47.3 Å². The molecular weight excluding hydrogens is 209 g/mol. The zero-order valence-electron chi connectivity index (χ0n) is 8.94. The summed E-state index contributed by atoms with van der Waals surface area (Å²) in [5.41, 5.74) is 0.363. The average Bonchev–Trinajstić information content (AvgIpc) is 2.54. The largest absolute Gasteiger partial charge is 0.285 e. The first-order valence-electron chi connectivity index (χ1n) is 4.76. The van der Waals surface area contributed by atoms with Gasteiger partial charge in [-0.05, 0) is 19.1 Å². The second-order valence-corrected chi connectivity index (χ2v) is 3.42. The highest BCUT2D eigenvalue weighted by atomic mass is 19.1. The molecule has 0 aromatic carbocycles. The van der Waals surface area contributed by atoms with Crippen LogP contribution in [0.4, 0.5) is 4.39 Å². The van der Waals surface area contributed by atoms with Gasteiger partial charge in [0.2, 0.25) is 5.78 Å². The summed E-state index contributed by atoms with van der Waals surface area (Å²) >= 11 is 0. The summed E-state index contributed by atoms with van der Waals surface area (Å²) in [6.07, 6.45) is 1.49. The lowest BCUT2D eigenvalue weighted by Crippen LogP contribution is -2.11. The van der Waals surface area contributed by atoms with E-state index in [0.717, 1.165) is 0 Å². The minimum atomic E-state index is -0.585. The van der Waals surface area contributed by atoms with Gasteiger partial charge in [-0.2, -0.15) is 5.10 Å². The normalized spacial score (nSPS) is 10.4. The molecule has 2 aromatic heterocycles. The number of ketones is 1. The van der Waals surface area contributed by atoms with Crippen molar-refractivity contribution >= 4 is 5.78 Å². The molecule has 0 bridgehead atoms. The summed E-state index contributed by atoms with van der Waals surface area (Å²) in [4.78, 5) is 15.8. The Morgan fingerprint density at radius 3 is 2.69 bits per heavy atom. The first-order chi connectivity index (χ1) is 7.61. The van der Waals surface area contributed by atoms with Crippen molar-refractivity contribution in [1.29, 1.82) is 0 Å². The molecular formula is C11H10FN3O. The summed E-state index contributed by atoms with van der Waals surface area (Å²) in [7, 11) is 1.53. The Balaban J connectivity index is 2.50. The number of hydrogen-bond acceptors (Lipinski definition) is 3. The smallest absolute Gasteiger partial charge is 0.232 e. The highest BCUT2D eigenvalue weighted by molar-refractivity contribution is 6.06. The maximum absolute atomic E-state index is 13.6. The zero-order chi connectivity index (χ0) is 11.7. The van der Waals surface area contributed by atoms with E-state index in [1.54, 1.807) is 18.2 Å². The monoisotopic (exact) mass is 219 g/mol. The van der Waals surface area contributed by atoms with Crippen LogP contribution in [0.1, 0.15) is 21.9 Å². The third kappa shape index (κ3) is 1.60. The van der Waals surface area contributed by atoms with Gasteiger partial charge in [-0.3, -0.25) is 14.5 Å². The molecule has 0 aliphatic carbocycles. The van der Waals surface area contributed by atoms with Crippen LogP contribution >= 0.6 is 0 Å². The molecule has 2 rings (SSSR count). The van der Waals surface area contributed by atoms with Crippen molar-refractivity contribution in [3.63, 3.8) is 0 Å². The van der Waals surface area contributed by atoms with Crippen LogP contribution in [-0.2, 0) is 7.05 Å². The molecule has 0 saturated heterocycles. The Kier molecular flexibility index (Phi) is 2.52. The van der Waals surface area contributed by atoms with E-state index in [0.29, 0.717) is 0 Å². The van der Waals surface area contributed by atoms with E-state index in [1.807, 2.05) is 0 Å². The Morgan fingerprint density at radius 1 is 1.44 bits per heavy atom. The molecule has 5 heteroatoms. The lowest BCUT2D eigenvalue weighted by molar-refractivity contribution is 0.102. The second-order valence-electron chi connectivity index (χ2n) is 3.42. The van der Waals surface area contributed by atoms with Gasteiger partial charge in [0.1, 0.15) is 11.4 Å². The van der Waals surface area contributed by atoms with Crippen molar-refractivity contribution in [2.45, 2.75) is 6.92 Å². The first kappa shape index (κ1) is 10.5. The molecule has 4 nitrogen and oxygen atoms in total. The fourth-order valence-electron chi connectivity index (χ4n) is 1.50. The molecule has 2 heterocycles. The minimum Gasteiger partial charge on any atom is -0.285 e. The molecule has 0 amide bonds. The Hall–Kier alpha value is -2.04. The van der Waals surface area contributed by atoms with E-state index in [2.05, 4.69) is 10.1 Å². The lowest BCUT2D eigenvalue weighted by Gasteiger charge is -2.00. The van der Waals surface area contributed by atoms with Gasteiger partial charge in [0.05, 0.1) is 5.69 Å². The molecule has 16 heavy (non-hydrogen) atoms. The number of carbonyl (C=O) groups excluding carboxylic acids is 1. The van der Waals surface area contributed by atoms with Crippen LogP contribution < -0.4 is 0 Å². The zero-order valence-corrected chi connectivity index (χ0v) is 8.94. The van der Waals surface area contributed by atoms with Gasteiger partial charge >= 0.3 is 0 Å². The van der Waals surface area contributed by atoms with Gasteiger partial charge in [-0.1, -0.05) is 6.07 Å². The van der Waals surface area contributed by atoms with Crippen molar-refractivity contribution in [3.8, 4) is 0 Å². The third-order valence-electron chi connectivity index (χ3n) is 2.26. The summed E-state index contributed by atoms with van der Waals surface area (Å²) in [5.74, 6) is -1.04. The fraction of sp³-hybridized carbons (Fsp3) is 0.182. The van der Waals surface area contributed by atoms with E-state index in [4.69, 9.17) is 0 Å². The number of rotatable bonds is 2. The average molecular weight is 219 g/mol. The predicted molar refractivity (Wildman–Crippen MR) is 55.6 cm³/mol. The highest BCUT2D eigenvalue weighted by Crippen LogP contribution is 2.14. The molecule has 0 saturated carbocycles. The Labute approximate surface area is 91.7 Å². The van der Waals surface area contributed by atoms with E-state index in [9.17, 15) is 9.18 Å². The third-order valence-corrected chi connectivity index (χ3v) is 2.26. The van der Waals surface area contributed by atoms with Gasteiger partial charge in [-0.25, -0.2) is 4.39 Å². The van der Waals surface area contributed by atoms with Crippen LogP contribution in [0.2, 0.25) is 0 Å². The van der Waals surface area contributed by atoms with Gasteiger partial charge in [-0.15, -0.1) is 0 Å². The minimum absolute atomic E-state index is 0.0591.